The molecule has 0 bridgehead atoms. The van der Waals surface area contributed by atoms with Crippen molar-refractivity contribution < 1.29 is 14.3 Å². The van der Waals surface area contributed by atoms with Gasteiger partial charge in [0, 0.05) is 10.0 Å². The van der Waals surface area contributed by atoms with Gasteiger partial charge in [-0.05, 0) is 66.9 Å². The molecule has 6 nitrogen and oxygen atoms in total. The van der Waals surface area contributed by atoms with Gasteiger partial charge in [0.2, 0.25) is 0 Å². The molecular formula is C30H24Cl2N2O4S. The summed E-state index contributed by atoms with van der Waals surface area (Å²) >= 11 is 13.8. The Bertz CT molecular complexity index is 1740. The molecule has 0 fully saturated rings. The first kappa shape index (κ1) is 26.9. The Morgan fingerprint density at radius 2 is 1.77 bits per heavy atom. The smallest absolute Gasteiger partial charge is 0.338 e. The highest BCUT2D eigenvalue weighted by atomic mass is 35.5. The molecule has 39 heavy (non-hydrogen) atoms. The maximum atomic E-state index is 13.7. The van der Waals surface area contributed by atoms with Gasteiger partial charge < -0.3 is 9.47 Å². The highest BCUT2D eigenvalue weighted by Crippen LogP contribution is 2.34. The van der Waals surface area contributed by atoms with E-state index in [0.717, 1.165) is 11.1 Å². The van der Waals surface area contributed by atoms with Crippen LogP contribution in [0.15, 0.2) is 93.9 Å². The van der Waals surface area contributed by atoms with Crippen molar-refractivity contribution >= 4 is 46.6 Å². The number of halogens is 2. The summed E-state index contributed by atoms with van der Waals surface area (Å²) < 4.78 is 13.2. The molecule has 0 saturated heterocycles. The first-order valence-corrected chi connectivity index (χ1v) is 13.8. The van der Waals surface area contributed by atoms with Crippen LogP contribution in [-0.4, -0.2) is 17.1 Å². The molecular weight excluding hydrogens is 555 g/mol. The second kappa shape index (κ2) is 11.6. The van der Waals surface area contributed by atoms with E-state index in [2.05, 4.69) is 4.99 Å². The van der Waals surface area contributed by atoms with Crippen LogP contribution in [0.25, 0.3) is 6.08 Å². The van der Waals surface area contributed by atoms with E-state index in [1.54, 1.807) is 32.1 Å². The molecule has 1 aromatic heterocycles. The predicted molar refractivity (Wildman–Crippen MR) is 154 cm³/mol. The number of carbonyl (C=O) groups is 1. The maximum Gasteiger partial charge on any atom is 0.338 e. The van der Waals surface area contributed by atoms with Crippen molar-refractivity contribution in [1.82, 2.24) is 4.57 Å². The van der Waals surface area contributed by atoms with E-state index in [1.807, 2.05) is 60.7 Å². The lowest BCUT2D eigenvalue weighted by Crippen LogP contribution is -2.40. The van der Waals surface area contributed by atoms with Crippen LogP contribution < -0.4 is 19.6 Å². The van der Waals surface area contributed by atoms with Gasteiger partial charge in [-0.2, -0.15) is 0 Å². The summed E-state index contributed by atoms with van der Waals surface area (Å²) in [5.74, 6) is 0.184. The number of benzene rings is 3. The molecule has 1 aliphatic heterocycles. The van der Waals surface area contributed by atoms with E-state index >= 15 is 0 Å². The number of allylic oxidation sites excluding steroid dienone is 1. The average molecular weight is 580 g/mol. The monoisotopic (exact) mass is 578 g/mol. The maximum absolute atomic E-state index is 13.7. The van der Waals surface area contributed by atoms with Crippen LogP contribution in [0.5, 0.6) is 5.75 Å². The quantitative estimate of drug-likeness (QED) is 0.264. The van der Waals surface area contributed by atoms with Crippen LogP contribution >= 0.6 is 34.5 Å². The lowest BCUT2D eigenvalue weighted by atomic mass is 9.96. The number of thiazole rings is 1. The zero-order valence-electron chi connectivity index (χ0n) is 21.2. The van der Waals surface area contributed by atoms with Crippen molar-refractivity contribution in [1.29, 1.82) is 0 Å². The van der Waals surface area contributed by atoms with Crippen molar-refractivity contribution in [3.8, 4) is 5.75 Å². The highest BCUT2D eigenvalue weighted by molar-refractivity contribution is 7.07. The van der Waals surface area contributed by atoms with E-state index in [4.69, 9.17) is 32.7 Å². The van der Waals surface area contributed by atoms with E-state index in [0.29, 0.717) is 48.6 Å². The van der Waals surface area contributed by atoms with Crippen LogP contribution in [-0.2, 0) is 16.1 Å². The number of esters is 1. The van der Waals surface area contributed by atoms with Gasteiger partial charge in [0.15, 0.2) is 4.80 Å². The Hall–Kier alpha value is -3.65. The van der Waals surface area contributed by atoms with E-state index in [1.165, 1.54) is 15.9 Å². The molecule has 0 amide bonds. The van der Waals surface area contributed by atoms with E-state index in [-0.39, 0.29) is 12.2 Å². The first-order chi connectivity index (χ1) is 18.9. The molecule has 9 heteroatoms. The van der Waals surface area contributed by atoms with Crippen LogP contribution in [0.3, 0.4) is 0 Å². The van der Waals surface area contributed by atoms with Crippen LogP contribution in [0.4, 0.5) is 0 Å². The van der Waals surface area contributed by atoms with E-state index < -0.39 is 12.0 Å². The lowest BCUT2D eigenvalue weighted by Gasteiger charge is -2.25. The SMILES string of the molecule is CCOC(=O)C1=C(C)N=c2s/c(=C\c3ccc(OCc4ccc(Cl)cc4)cc3)c(=O)n2[C@@H]1c1ccccc1Cl. The summed E-state index contributed by atoms with van der Waals surface area (Å²) in [6, 6.07) is 21.4. The first-order valence-electron chi connectivity index (χ1n) is 12.3. The summed E-state index contributed by atoms with van der Waals surface area (Å²) in [5, 5.41) is 1.13. The van der Waals surface area contributed by atoms with Crippen molar-refractivity contribution in [2.45, 2.75) is 26.5 Å². The minimum Gasteiger partial charge on any atom is -0.489 e. The third-order valence-electron chi connectivity index (χ3n) is 6.21. The number of carbonyl (C=O) groups excluding carboxylic acids is 1. The summed E-state index contributed by atoms with van der Waals surface area (Å²) in [6.07, 6.45) is 1.81. The van der Waals surface area contributed by atoms with Crippen LogP contribution in [0, 0.1) is 0 Å². The molecule has 198 valence electrons. The molecule has 0 aliphatic carbocycles. The fraction of sp³-hybridized carbons (Fsp3) is 0.167. The number of hydrogen-bond acceptors (Lipinski definition) is 6. The molecule has 5 rings (SSSR count). The number of ether oxygens (including phenoxy) is 2. The van der Waals surface area contributed by atoms with Gasteiger partial charge in [-0.25, -0.2) is 9.79 Å². The Balaban J connectivity index is 1.50. The van der Waals surface area contributed by atoms with E-state index in [9.17, 15) is 9.59 Å². The summed E-state index contributed by atoms with van der Waals surface area (Å²) in [5.41, 5.74) is 3.00. The normalized spacial score (nSPS) is 15.1. The highest BCUT2D eigenvalue weighted by Gasteiger charge is 2.34. The largest absolute Gasteiger partial charge is 0.489 e. The van der Waals surface area contributed by atoms with Crippen molar-refractivity contribution in [3.05, 3.63) is 130 Å². The van der Waals surface area contributed by atoms with Gasteiger partial charge in [0.05, 0.1) is 22.4 Å². The molecule has 1 aliphatic rings. The van der Waals surface area contributed by atoms with Gasteiger partial charge in [0.25, 0.3) is 5.56 Å². The number of nitrogens with zero attached hydrogens (tertiary/aromatic N) is 2. The fourth-order valence-corrected chi connectivity index (χ4v) is 5.75. The van der Waals surface area contributed by atoms with Gasteiger partial charge in [-0.3, -0.25) is 9.36 Å². The lowest BCUT2D eigenvalue weighted by molar-refractivity contribution is -0.139. The molecule has 0 N–H and O–H groups in total. The molecule has 0 saturated carbocycles. The van der Waals surface area contributed by atoms with Gasteiger partial charge in [-0.1, -0.05) is 77.0 Å². The Morgan fingerprint density at radius 1 is 1.05 bits per heavy atom. The standard InChI is InChI=1S/C30H24Cl2N2O4S/c1-3-37-29(36)26-18(2)33-30-34(27(26)23-6-4-5-7-24(23)32)28(35)25(39-30)16-19-10-14-22(15-11-19)38-17-20-8-12-21(31)13-9-20/h4-16,27H,3,17H2,1-2H3/b25-16-/t27-/m1/s1. The fourth-order valence-electron chi connectivity index (χ4n) is 4.34. The van der Waals surface area contributed by atoms with Gasteiger partial charge in [0.1, 0.15) is 18.4 Å². The third kappa shape index (κ3) is 5.71. The molecule has 3 aromatic carbocycles. The zero-order valence-corrected chi connectivity index (χ0v) is 23.5. The topological polar surface area (TPSA) is 69.9 Å². The number of fused-ring (bicyclic) bond motifs is 1. The molecule has 1 atom stereocenters. The molecule has 0 spiro atoms. The average Bonchev–Trinajstić information content (AvgIpc) is 3.23. The third-order valence-corrected chi connectivity index (χ3v) is 7.79. The van der Waals surface area contributed by atoms with Crippen molar-refractivity contribution in [2.24, 2.45) is 4.99 Å². The zero-order chi connectivity index (χ0) is 27.5. The summed E-state index contributed by atoms with van der Waals surface area (Å²) in [6.45, 7) is 4.10. The molecule has 4 aromatic rings. The number of rotatable bonds is 7. The van der Waals surface area contributed by atoms with Gasteiger partial charge >= 0.3 is 5.97 Å². The second-order valence-electron chi connectivity index (χ2n) is 8.81. The number of hydrogen-bond donors (Lipinski definition) is 0. The van der Waals surface area contributed by atoms with Gasteiger partial charge in [-0.15, -0.1) is 0 Å². The molecule has 0 unspecified atom stereocenters. The molecule has 0 radical (unpaired) electrons. The minimum atomic E-state index is -0.750. The Labute approximate surface area is 239 Å². The van der Waals surface area contributed by atoms with Crippen molar-refractivity contribution in [3.63, 3.8) is 0 Å². The Morgan fingerprint density at radius 3 is 2.46 bits per heavy atom. The second-order valence-corrected chi connectivity index (χ2v) is 10.7. The summed E-state index contributed by atoms with van der Waals surface area (Å²) in [7, 11) is 0. The summed E-state index contributed by atoms with van der Waals surface area (Å²) in [4.78, 5) is 31.8. The van der Waals surface area contributed by atoms with Crippen LogP contribution in [0.1, 0.15) is 36.6 Å². The molecule has 2 heterocycles. The predicted octanol–water partition coefficient (Wildman–Crippen LogP) is 5.68. The van der Waals surface area contributed by atoms with Crippen molar-refractivity contribution in [2.75, 3.05) is 6.61 Å². The Kier molecular flexibility index (Phi) is 8.02. The number of aromatic nitrogens is 1. The van der Waals surface area contributed by atoms with Crippen LogP contribution in [0.2, 0.25) is 10.0 Å². The minimum absolute atomic E-state index is 0.203.